The number of rotatable bonds is 4. The normalized spacial score (nSPS) is 17.5. The number of likely N-dealkylation sites (tertiary alicyclic amines) is 1. The van der Waals surface area contributed by atoms with Crippen LogP contribution in [0.5, 0.6) is 0 Å². The van der Waals surface area contributed by atoms with E-state index in [1.807, 2.05) is 42.8 Å². The van der Waals surface area contributed by atoms with Crippen LogP contribution in [0.1, 0.15) is 12.1 Å². The molecule has 1 atom stereocenters. The van der Waals surface area contributed by atoms with Gasteiger partial charge in [0.05, 0.1) is 5.69 Å². The van der Waals surface area contributed by atoms with Crippen LogP contribution < -0.4 is 5.32 Å². The van der Waals surface area contributed by atoms with Crippen molar-refractivity contribution >= 4 is 23.6 Å². The quantitative estimate of drug-likeness (QED) is 0.875. The van der Waals surface area contributed by atoms with Gasteiger partial charge in [0.1, 0.15) is 5.82 Å². The number of benzene rings is 1. The Bertz CT molecular complexity index is 670. The number of urea groups is 1. The highest BCUT2D eigenvalue weighted by molar-refractivity contribution is 7.99. The van der Waals surface area contributed by atoms with Crippen molar-refractivity contribution in [3.63, 3.8) is 0 Å². The number of hydrogen-bond donors (Lipinski definition) is 1. The average Bonchev–Trinajstić information content (AvgIpc) is 3.13. The van der Waals surface area contributed by atoms with Gasteiger partial charge < -0.3 is 4.90 Å². The molecule has 122 valence electrons. The van der Waals surface area contributed by atoms with E-state index in [9.17, 15) is 4.79 Å². The van der Waals surface area contributed by atoms with Crippen LogP contribution in [-0.4, -0.2) is 39.6 Å². The van der Waals surface area contributed by atoms with Crippen molar-refractivity contribution in [2.45, 2.75) is 18.2 Å². The van der Waals surface area contributed by atoms with E-state index in [1.54, 1.807) is 4.68 Å². The summed E-state index contributed by atoms with van der Waals surface area (Å²) in [5.41, 5.74) is 0.904. The van der Waals surface area contributed by atoms with E-state index >= 15 is 0 Å². The van der Waals surface area contributed by atoms with Gasteiger partial charge in [-0.25, -0.2) is 4.79 Å². The summed E-state index contributed by atoms with van der Waals surface area (Å²) in [6.45, 7) is 3.56. The molecule has 1 aromatic heterocycles. The maximum Gasteiger partial charge on any atom is 0.323 e. The second-order valence-corrected chi connectivity index (χ2v) is 7.04. The van der Waals surface area contributed by atoms with E-state index in [0.29, 0.717) is 5.92 Å². The van der Waals surface area contributed by atoms with Crippen molar-refractivity contribution in [3.8, 4) is 0 Å². The summed E-state index contributed by atoms with van der Waals surface area (Å²) in [5.74, 6) is 2.35. The summed E-state index contributed by atoms with van der Waals surface area (Å²) in [5, 5.41) is 7.20. The molecular formula is C17H22N4OS. The van der Waals surface area contributed by atoms with Gasteiger partial charge in [-0.15, -0.1) is 11.8 Å². The first-order valence-corrected chi connectivity index (χ1v) is 8.85. The maximum atomic E-state index is 12.4. The zero-order chi connectivity index (χ0) is 16.2. The number of thioether (sulfide) groups is 1. The Hall–Kier alpha value is -1.95. The van der Waals surface area contributed by atoms with Gasteiger partial charge in [0.25, 0.3) is 0 Å². The summed E-state index contributed by atoms with van der Waals surface area (Å²) in [6, 6.07) is 12.3. The summed E-state index contributed by atoms with van der Waals surface area (Å²) in [7, 11) is 1.84. The third kappa shape index (κ3) is 4.07. The lowest BCUT2D eigenvalue weighted by molar-refractivity contribution is 0.221. The molecule has 1 N–H and O–H groups in total. The van der Waals surface area contributed by atoms with Crippen molar-refractivity contribution in [1.82, 2.24) is 14.7 Å². The Balaban J connectivity index is 1.49. The molecule has 0 bridgehead atoms. The number of carbonyl (C=O) groups excluding carboxylic acids is 1. The standard InChI is InChI=1S/C17H22N4OS/c1-13-10-16(20(2)19-13)18-17(22)21-9-8-14(11-21)12-23-15-6-4-3-5-7-15/h3-7,10,14H,8-9,11-12H2,1-2H3,(H,18,22). The van der Waals surface area contributed by atoms with E-state index in [4.69, 9.17) is 0 Å². The first-order chi connectivity index (χ1) is 11.1. The van der Waals surface area contributed by atoms with Crippen molar-refractivity contribution in [2.24, 2.45) is 13.0 Å². The van der Waals surface area contributed by atoms with Crippen molar-refractivity contribution in [1.29, 1.82) is 0 Å². The third-order valence-corrected chi connectivity index (χ3v) is 5.28. The van der Waals surface area contributed by atoms with Crippen LogP contribution in [-0.2, 0) is 7.05 Å². The Morgan fingerprint density at radius 3 is 2.87 bits per heavy atom. The maximum absolute atomic E-state index is 12.4. The molecule has 0 spiro atoms. The van der Waals surface area contributed by atoms with Crippen LogP contribution in [0.15, 0.2) is 41.3 Å². The van der Waals surface area contributed by atoms with E-state index in [-0.39, 0.29) is 6.03 Å². The number of anilines is 1. The minimum absolute atomic E-state index is 0.0276. The molecule has 1 aliphatic rings. The topological polar surface area (TPSA) is 50.2 Å². The highest BCUT2D eigenvalue weighted by atomic mass is 32.2. The van der Waals surface area contributed by atoms with Gasteiger partial charge in [0, 0.05) is 36.9 Å². The summed E-state index contributed by atoms with van der Waals surface area (Å²) in [6.07, 6.45) is 1.07. The summed E-state index contributed by atoms with van der Waals surface area (Å²) >= 11 is 1.87. The van der Waals surface area contributed by atoms with Gasteiger partial charge in [0.2, 0.25) is 0 Å². The van der Waals surface area contributed by atoms with Crippen molar-refractivity contribution < 1.29 is 4.79 Å². The molecule has 0 radical (unpaired) electrons. The van der Waals surface area contributed by atoms with Crippen LogP contribution in [0.4, 0.5) is 10.6 Å². The number of aryl methyl sites for hydroxylation is 2. The fourth-order valence-electron chi connectivity index (χ4n) is 2.80. The smallest absolute Gasteiger partial charge is 0.323 e. The minimum Gasteiger partial charge on any atom is -0.324 e. The average molecular weight is 330 g/mol. The van der Waals surface area contributed by atoms with E-state index in [2.05, 4.69) is 34.7 Å². The van der Waals surface area contributed by atoms with Crippen LogP contribution in [0.25, 0.3) is 0 Å². The first kappa shape index (κ1) is 15.9. The van der Waals surface area contributed by atoms with Gasteiger partial charge in [-0.2, -0.15) is 5.10 Å². The summed E-state index contributed by atoms with van der Waals surface area (Å²) in [4.78, 5) is 15.6. The Morgan fingerprint density at radius 2 is 2.17 bits per heavy atom. The monoisotopic (exact) mass is 330 g/mol. The largest absolute Gasteiger partial charge is 0.324 e. The molecule has 0 aliphatic carbocycles. The SMILES string of the molecule is Cc1cc(NC(=O)N2CCC(CSc3ccccc3)C2)n(C)n1. The fraction of sp³-hybridized carbons (Fsp3) is 0.412. The van der Waals surface area contributed by atoms with Crippen molar-refractivity contribution in [2.75, 3.05) is 24.2 Å². The molecule has 2 aromatic rings. The van der Waals surface area contributed by atoms with Crippen LogP contribution in [0.3, 0.4) is 0 Å². The summed E-state index contributed by atoms with van der Waals surface area (Å²) < 4.78 is 1.70. The Labute approximate surface area is 141 Å². The lowest BCUT2D eigenvalue weighted by Crippen LogP contribution is -2.33. The zero-order valence-electron chi connectivity index (χ0n) is 13.5. The number of carbonyl (C=O) groups is 1. The fourth-order valence-corrected chi connectivity index (χ4v) is 3.85. The second kappa shape index (κ2) is 7.08. The Morgan fingerprint density at radius 1 is 1.39 bits per heavy atom. The van der Waals surface area contributed by atoms with E-state index < -0.39 is 0 Å². The van der Waals surface area contributed by atoms with Gasteiger partial charge in [0.15, 0.2) is 0 Å². The predicted octanol–water partition coefficient (Wildman–Crippen LogP) is 3.37. The molecule has 0 saturated carbocycles. The van der Waals surface area contributed by atoms with Crippen molar-refractivity contribution in [3.05, 3.63) is 42.1 Å². The number of nitrogens with one attached hydrogen (secondary N) is 1. The molecule has 1 unspecified atom stereocenters. The minimum atomic E-state index is -0.0276. The van der Waals surface area contributed by atoms with Crippen LogP contribution in [0, 0.1) is 12.8 Å². The lowest BCUT2D eigenvalue weighted by Gasteiger charge is -2.17. The number of nitrogens with zero attached hydrogens (tertiary/aromatic N) is 3. The van der Waals surface area contributed by atoms with Gasteiger partial charge in [-0.1, -0.05) is 18.2 Å². The highest BCUT2D eigenvalue weighted by Crippen LogP contribution is 2.26. The number of aromatic nitrogens is 2. The molecule has 1 aromatic carbocycles. The lowest BCUT2D eigenvalue weighted by atomic mass is 10.2. The van der Waals surface area contributed by atoms with Gasteiger partial charge >= 0.3 is 6.03 Å². The molecule has 2 heterocycles. The second-order valence-electron chi connectivity index (χ2n) is 5.95. The predicted molar refractivity (Wildman–Crippen MR) is 93.8 cm³/mol. The highest BCUT2D eigenvalue weighted by Gasteiger charge is 2.26. The number of amides is 2. The van der Waals surface area contributed by atoms with Crippen LogP contribution >= 0.6 is 11.8 Å². The number of hydrogen-bond acceptors (Lipinski definition) is 3. The Kier molecular flexibility index (Phi) is 4.91. The molecule has 2 amide bonds. The molecule has 3 rings (SSSR count). The molecule has 5 nitrogen and oxygen atoms in total. The van der Waals surface area contributed by atoms with Gasteiger partial charge in [-0.3, -0.25) is 10.00 Å². The molecular weight excluding hydrogens is 308 g/mol. The molecule has 1 aliphatic heterocycles. The van der Waals surface area contributed by atoms with Crippen LogP contribution in [0.2, 0.25) is 0 Å². The third-order valence-electron chi connectivity index (χ3n) is 4.04. The molecule has 1 fully saturated rings. The molecule has 1 saturated heterocycles. The first-order valence-electron chi connectivity index (χ1n) is 7.86. The molecule has 23 heavy (non-hydrogen) atoms. The van der Waals surface area contributed by atoms with E-state index in [0.717, 1.165) is 36.8 Å². The molecule has 6 heteroatoms. The zero-order valence-corrected chi connectivity index (χ0v) is 14.3. The van der Waals surface area contributed by atoms with Gasteiger partial charge in [-0.05, 0) is 31.4 Å². The van der Waals surface area contributed by atoms with E-state index in [1.165, 1.54) is 4.90 Å².